The Balaban J connectivity index is 2.67. The number of nitrogens with one attached hydrogen (secondary N) is 3. The third-order valence-electron chi connectivity index (χ3n) is 5.37. The molecular formula is C20H34N6O8S. The Labute approximate surface area is 207 Å². The first-order valence-electron chi connectivity index (χ1n) is 11.2. The summed E-state index contributed by atoms with van der Waals surface area (Å²) < 4.78 is 0. The fourth-order valence-electron chi connectivity index (χ4n) is 3.53. The quantitative estimate of drug-likeness (QED) is 0.0808. The number of amides is 4. The van der Waals surface area contributed by atoms with Crippen LogP contribution in [0.25, 0.3) is 0 Å². The van der Waals surface area contributed by atoms with Crippen molar-refractivity contribution in [3.63, 3.8) is 0 Å². The van der Waals surface area contributed by atoms with Crippen molar-refractivity contribution in [1.82, 2.24) is 20.9 Å². The summed E-state index contributed by atoms with van der Waals surface area (Å²) in [4.78, 5) is 73.1. The number of carboxylic acid groups (broad SMARTS) is 2. The molecule has 0 bridgehead atoms. The van der Waals surface area contributed by atoms with Crippen molar-refractivity contribution in [2.75, 3.05) is 25.4 Å². The summed E-state index contributed by atoms with van der Waals surface area (Å²) in [6, 6.07) is -4.50. The zero-order chi connectivity index (χ0) is 26.5. The highest BCUT2D eigenvalue weighted by molar-refractivity contribution is 7.80. The van der Waals surface area contributed by atoms with Crippen LogP contribution in [0.4, 0.5) is 0 Å². The van der Waals surface area contributed by atoms with Crippen molar-refractivity contribution < 1.29 is 39.0 Å². The molecule has 14 nitrogen and oxygen atoms in total. The van der Waals surface area contributed by atoms with Gasteiger partial charge in [-0.1, -0.05) is 0 Å². The number of likely N-dealkylation sites (tertiary alicyclic amines) is 1. The second-order valence-electron chi connectivity index (χ2n) is 8.10. The molecule has 1 saturated heterocycles. The average molecular weight is 519 g/mol. The fourth-order valence-corrected chi connectivity index (χ4v) is 3.78. The average Bonchev–Trinajstić information content (AvgIpc) is 3.29. The minimum atomic E-state index is -1.36. The van der Waals surface area contributed by atoms with E-state index < -0.39 is 72.7 Å². The van der Waals surface area contributed by atoms with E-state index in [9.17, 15) is 33.9 Å². The van der Waals surface area contributed by atoms with Crippen LogP contribution < -0.4 is 27.4 Å². The summed E-state index contributed by atoms with van der Waals surface area (Å²) in [7, 11) is 0. The second kappa shape index (κ2) is 15.2. The molecule has 4 amide bonds. The van der Waals surface area contributed by atoms with Crippen molar-refractivity contribution in [3.8, 4) is 0 Å². The third kappa shape index (κ3) is 10.1. The highest BCUT2D eigenvalue weighted by atomic mass is 32.1. The first kappa shape index (κ1) is 30.1. The summed E-state index contributed by atoms with van der Waals surface area (Å²) in [6.07, 6.45) is 1.53. The molecule has 1 aliphatic rings. The second-order valence-corrected chi connectivity index (χ2v) is 8.46. The van der Waals surface area contributed by atoms with Gasteiger partial charge in [-0.25, -0.2) is 4.79 Å². The van der Waals surface area contributed by atoms with Crippen LogP contribution in [0.1, 0.15) is 38.5 Å². The van der Waals surface area contributed by atoms with Crippen LogP contribution in [-0.4, -0.2) is 100 Å². The van der Waals surface area contributed by atoms with Gasteiger partial charge >= 0.3 is 11.9 Å². The number of nitrogens with two attached hydrogens (primary N) is 2. The van der Waals surface area contributed by atoms with Gasteiger partial charge in [0, 0.05) is 12.3 Å². The lowest BCUT2D eigenvalue weighted by molar-refractivity contribution is -0.143. The third-order valence-corrected chi connectivity index (χ3v) is 5.74. The Bertz CT molecular complexity index is 798. The first-order valence-corrected chi connectivity index (χ1v) is 11.8. The predicted octanol–water partition coefficient (Wildman–Crippen LogP) is -2.99. The van der Waals surface area contributed by atoms with E-state index >= 15 is 0 Å². The lowest BCUT2D eigenvalue weighted by Gasteiger charge is -2.28. The van der Waals surface area contributed by atoms with Gasteiger partial charge in [-0.15, -0.1) is 0 Å². The molecule has 0 saturated carbocycles. The van der Waals surface area contributed by atoms with Crippen LogP contribution in [0.2, 0.25) is 0 Å². The molecule has 0 aromatic heterocycles. The SMILES string of the molecule is NCCCC[C@H](NC(=O)CNC(=O)[C@@H]1CCCN1C(=O)[C@H](CS)NC(=O)[C@@H](N)CC(=O)O)C(=O)O. The Morgan fingerprint density at radius 1 is 1.06 bits per heavy atom. The molecule has 15 heteroatoms. The molecule has 1 rings (SSSR count). The molecule has 0 radical (unpaired) electrons. The molecule has 35 heavy (non-hydrogen) atoms. The van der Waals surface area contributed by atoms with Gasteiger partial charge in [0.25, 0.3) is 0 Å². The number of thiol groups is 1. The highest BCUT2D eigenvalue weighted by Gasteiger charge is 2.37. The zero-order valence-corrected chi connectivity index (χ0v) is 20.2. The molecule has 1 fully saturated rings. The van der Waals surface area contributed by atoms with Crippen molar-refractivity contribution in [2.24, 2.45) is 11.5 Å². The maximum atomic E-state index is 12.9. The Hall–Kier alpha value is -2.91. The van der Waals surface area contributed by atoms with Gasteiger partial charge in [-0.3, -0.25) is 24.0 Å². The smallest absolute Gasteiger partial charge is 0.326 e. The largest absolute Gasteiger partial charge is 0.481 e. The van der Waals surface area contributed by atoms with E-state index in [1.54, 1.807) is 0 Å². The molecule has 0 aromatic carbocycles. The number of aliphatic carboxylic acids is 2. The topological polar surface area (TPSA) is 234 Å². The number of hydrogen-bond acceptors (Lipinski definition) is 9. The van der Waals surface area contributed by atoms with Crippen LogP contribution in [0.5, 0.6) is 0 Å². The van der Waals surface area contributed by atoms with Gasteiger partial charge in [-0.05, 0) is 38.6 Å². The van der Waals surface area contributed by atoms with E-state index in [0.717, 1.165) is 0 Å². The van der Waals surface area contributed by atoms with Crippen molar-refractivity contribution in [3.05, 3.63) is 0 Å². The minimum Gasteiger partial charge on any atom is -0.481 e. The molecule has 0 aliphatic carbocycles. The molecule has 0 spiro atoms. The van der Waals surface area contributed by atoms with Gasteiger partial charge in [0.2, 0.25) is 23.6 Å². The molecule has 0 aromatic rings. The maximum Gasteiger partial charge on any atom is 0.326 e. The lowest BCUT2D eigenvalue weighted by Crippen LogP contribution is -2.57. The highest BCUT2D eigenvalue weighted by Crippen LogP contribution is 2.19. The predicted molar refractivity (Wildman–Crippen MR) is 126 cm³/mol. The van der Waals surface area contributed by atoms with E-state index in [1.165, 1.54) is 4.90 Å². The number of nitrogens with zero attached hydrogens (tertiary/aromatic N) is 1. The van der Waals surface area contributed by atoms with Gasteiger partial charge < -0.3 is 42.5 Å². The molecule has 1 aliphatic heterocycles. The number of hydrogen-bond donors (Lipinski definition) is 8. The van der Waals surface area contributed by atoms with E-state index in [2.05, 4.69) is 28.6 Å². The Morgan fingerprint density at radius 3 is 2.31 bits per heavy atom. The zero-order valence-electron chi connectivity index (χ0n) is 19.3. The van der Waals surface area contributed by atoms with Gasteiger partial charge in [-0.2, -0.15) is 12.6 Å². The number of unbranched alkanes of at least 4 members (excludes halogenated alkanes) is 1. The summed E-state index contributed by atoms with van der Waals surface area (Å²) in [6.45, 7) is 0.154. The van der Waals surface area contributed by atoms with E-state index in [-0.39, 0.29) is 18.7 Å². The first-order chi connectivity index (χ1) is 16.5. The molecule has 0 unspecified atom stereocenters. The molecular weight excluding hydrogens is 484 g/mol. The van der Waals surface area contributed by atoms with E-state index in [4.69, 9.17) is 16.6 Å². The molecule has 198 valence electrons. The fraction of sp³-hybridized carbons (Fsp3) is 0.700. The monoisotopic (exact) mass is 518 g/mol. The van der Waals surface area contributed by atoms with Crippen LogP contribution >= 0.6 is 12.6 Å². The molecule has 1 heterocycles. The van der Waals surface area contributed by atoms with Crippen molar-refractivity contribution in [2.45, 2.75) is 62.7 Å². The summed E-state index contributed by atoms with van der Waals surface area (Å²) in [5.74, 6) is -5.31. The summed E-state index contributed by atoms with van der Waals surface area (Å²) in [5, 5.41) is 25.1. The number of rotatable bonds is 15. The number of carbonyl (C=O) groups excluding carboxylic acids is 4. The number of carboxylic acids is 2. The van der Waals surface area contributed by atoms with Gasteiger partial charge in [0.15, 0.2) is 0 Å². The standard InChI is InChI=1S/C20H34N6O8S/c21-6-2-1-4-12(20(33)34)24-15(27)9-23-18(31)14-5-3-7-26(14)19(32)13(10-35)25-17(30)11(22)8-16(28)29/h11-14,35H,1-10,21-22H2,(H,23,31)(H,24,27)(H,25,30)(H,28,29)(H,33,34)/t11-,12-,13-,14-/m0/s1. The lowest BCUT2D eigenvalue weighted by atomic mass is 10.1. The van der Waals surface area contributed by atoms with Gasteiger partial charge in [0.05, 0.1) is 19.0 Å². The van der Waals surface area contributed by atoms with Crippen LogP contribution in [0.15, 0.2) is 0 Å². The Morgan fingerprint density at radius 2 is 1.74 bits per heavy atom. The van der Waals surface area contributed by atoms with Gasteiger partial charge in [0.1, 0.15) is 18.1 Å². The van der Waals surface area contributed by atoms with Crippen LogP contribution in [0, 0.1) is 0 Å². The van der Waals surface area contributed by atoms with Crippen LogP contribution in [-0.2, 0) is 28.8 Å². The maximum absolute atomic E-state index is 12.9. The molecule has 9 N–H and O–H groups in total. The van der Waals surface area contributed by atoms with E-state index in [0.29, 0.717) is 32.2 Å². The van der Waals surface area contributed by atoms with Crippen LogP contribution in [0.3, 0.4) is 0 Å². The summed E-state index contributed by atoms with van der Waals surface area (Å²) >= 11 is 4.06. The molecule has 4 atom stereocenters. The van der Waals surface area contributed by atoms with Crippen molar-refractivity contribution in [1.29, 1.82) is 0 Å². The Kier molecular flexibility index (Phi) is 13.0. The normalized spacial score (nSPS) is 17.7. The minimum absolute atomic E-state index is 0.113. The van der Waals surface area contributed by atoms with E-state index in [1.807, 2.05) is 0 Å². The summed E-state index contributed by atoms with van der Waals surface area (Å²) in [5.41, 5.74) is 10.9. The number of carbonyl (C=O) groups is 6. The van der Waals surface area contributed by atoms with Crippen molar-refractivity contribution >= 4 is 48.2 Å².